The fourth-order valence-corrected chi connectivity index (χ4v) is 3.29. The topological polar surface area (TPSA) is 26.0 Å². The molecule has 0 aromatic heterocycles. The first-order chi connectivity index (χ1) is 9.52. The Bertz CT molecular complexity index is 650. The Kier molecular flexibility index (Phi) is 3.14. The van der Waals surface area contributed by atoms with Crippen LogP contribution in [0.5, 0.6) is 0 Å². The van der Waals surface area contributed by atoms with Crippen LogP contribution in [-0.4, -0.2) is 0 Å². The van der Waals surface area contributed by atoms with Crippen LogP contribution in [0.4, 0.5) is 4.39 Å². The molecular formula is C18H20FN. The van der Waals surface area contributed by atoms with E-state index in [4.69, 9.17) is 5.73 Å². The molecule has 2 unspecified atom stereocenters. The van der Waals surface area contributed by atoms with E-state index in [1.165, 1.54) is 17.2 Å². The Morgan fingerprint density at radius 1 is 1.20 bits per heavy atom. The van der Waals surface area contributed by atoms with Gasteiger partial charge in [0.05, 0.1) is 5.54 Å². The van der Waals surface area contributed by atoms with Crippen molar-refractivity contribution in [3.05, 3.63) is 70.5 Å². The van der Waals surface area contributed by atoms with E-state index in [2.05, 4.69) is 25.1 Å². The normalized spacial score (nSPS) is 25.3. The molecule has 0 saturated carbocycles. The van der Waals surface area contributed by atoms with Crippen LogP contribution in [-0.2, 0) is 5.54 Å². The van der Waals surface area contributed by atoms with E-state index >= 15 is 0 Å². The molecule has 2 aromatic carbocycles. The van der Waals surface area contributed by atoms with Crippen molar-refractivity contribution in [2.24, 2.45) is 5.73 Å². The van der Waals surface area contributed by atoms with Gasteiger partial charge in [0.25, 0.3) is 0 Å². The van der Waals surface area contributed by atoms with Crippen molar-refractivity contribution in [3.8, 4) is 0 Å². The quantitative estimate of drug-likeness (QED) is 0.823. The number of nitrogens with two attached hydrogens (primary N) is 1. The minimum absolute atomic E-state index is 0.171. The molecule has 2 atom stereocenters. The Balaban J connectivity index is 2.17. The molecule has 0 saturated heterocycles. The Morgan fingerprint density at radius 3 is 2.70 bits per heavy atom. The summed E-state index contributed by atoms with van der Waals surface area (Å²) in [5.74, 6) is 0.360. The van der Waals surface area contributed by atoms with E-state index in [0.717, 1.165) is 18.4 Å². The molecule has 1 nitrogen and oxygen atoms in total. The maximum absolute atomic E-state index is 13.5. The molecule has 0 bridgehead atoms. The van der Waals surface area contributed by atoms with Gasteiger partial charge in [0.15, 0.2) is 0 Å². The van der Waals surface area contributed by atoms with E-state index in [9.17, 15) is 4.39 Å². The lowest BCUT2D eigenvalue weighted by molar-refractivity contribution is 0.411. The van der Waals surface area contributed by atoms with Crippen molar-refractivity contribution in [1.29, 1.82) is 0 Å². The summed E-state index contributed by atoms with van der Waals surface area (Å²) in [7, 11) is 0. The lowest BCUT2D eigenvalue weighted by Crippen LogP contribution is -2.41. The molecule has 2 aromatic rings. The maximum Gasteiger partial charge on any atom is 0.126 e. The number of hydrogen-bond acceptors (Lipinski definition) is 1. The van der Waals surface area contributed by atoms with Gasteiger partial charge < -0.3 is 5.73 Å². The van der Waals surface area contributed by atoms with Gasteiger partial charge in [-0.3, -0.25) is 0 Å². The summed E-state index contributed by atoms with van der Waals surface area (Å²) in [5.41, 5.74) is 10.4. The monoisotopic (exact) mass is 269 g/mol. The molecule has 2 heteroatoms. The maximum atomic E-state index is 13.5. The summed E-state index contributed by atoms with van der Waals surface area (Å²) in [4.78, 5) is 0. The smallest absolute Gasteiger partial charge is 0.126 e. The SMILES string of the molecule is Cc1cc(C2(N)CCC(C)c3ccccc32)ccc1F. The van der Waals surface area contributed by atoms with Crippen molar-refractivity contribution in [1.82, 2.24) is 0 Å². The van der Waals surface area contributed by atoms with Crippen LogP contribution < -0.4 is 5.73 Å². The summed E-state index contributed by atoms with van der Waals surface area (Å²) in [6, 6.07) is 13.6. The van der Waals surface area contributed by atoms with Crippen LogP contribution in [0.15, 0.2) is 42.5 Å². The number of benzene rings is 2. The molecule has 104 valence electrons. The van der Waals surface area contributed by atoms with Crippen molar-refractivity contribution in [2.45, 2.75) is 38.1 Å². The van der Waals surface area contributed by atoms with Gasteiger partial charge in [-0.05, 0) is 54.0 Å². The van der Waals surface area contributed by atoms with Crippen LogP contribution in [0.1, 0.15) is 47.9 Å². The van der Waals surface area contributed by atoms with Crippen molar-refractivity contribution >= 4 is 0 Å². The first-order valence-corrected chi connectivity index (χ1v) is 7.17. The molecule has 0 radical (unpaired) electrons. The second kappa shape index (κ2) is 4.71. The van der Waals surface area contributed by atoms with Crippen LogP contribution >= 0.6 is 0 Å². The number of fused-ring (bicyclic) bond motifs is 1. The predicted octanol–water partition coefficient (Wildman–Crippen LogP) is 4.23. The molecule has 0 spiro atoms. The van der Waals surface area contributed by atoms with Gasteiger partial charge in [-0.25, -0.2) is 4.39 Å². The zero-order valence-corrected chi connectivity index (χ0v) is 12.0. The fourth-order valence-electron chi connectivity index (χ4n) is 3.29. The lowest BCUT2D eigenvalue weighted by Gasteiger charge is -2.39. The van der Waals surface area contributed by atoms with E-state index in [1.54, 1.807) is 6.92 Å². The second-order valence-electron chi connectivity index (χ2n) is 5.96. The first-order valence-electron chi connectivity index (χ1n) is 7.17. The first kappa shape index (κ1) is 13.3. The highest BCUT2D eigenvalue weighted by molar-refractivity contribution is 5.46. The van der Waals surface area contributed by atoms with Gasteiger partial charge in [-0.1, -0.05) is 43.3 Å². The van der Waals surface area contributed by atoms with Gasteiger partial charge in [0.1, 0.15) is 5.82 Å². The van der Waals surface area contributed by atoms with E-state index < -0.39 is 5.54 Å². The number of rotatable bonds is 1. The Labute approximate surface area is 119 Å². The molecule has 1 aliphatic rings. The van der Waals surface area contributed by atoms with Gasteiger partial charge in [-0.2, -0.15) is 0 Å². The predicted molar refractivity (Wildman–Crippen MR) is 80.2 cm³/mol. The molecule has 0 heterocycles. The van der Waals surface area contributed by atoms with E-state index in [0.29, 0.717) is 11.5 Å². The van der Waals surface area contributed by atoms with Crippen LogP contribution in [0, 0.1) is 12.7 Å². The summed E-state index contributed by atoms with van der Waals surface area (Å²) in [6.07, 6.45) is 1.96. The Hall–Kier alpha value is -1.67. The van der Waals surface area contributed by atoms with Crippen molar-refractivity contribution < 1.29 is 4.39 Å². The summed E-state index contributed by atoms with van der Waals surface area (Å²) in [6.45, 7) is 4.04. The summed E-state index contributed by atoms with van der Waals surface area (Å²) < 4.78 is 13.5. The van der Waals surface area contributed by atoms with E-state index in [-0.39, 0.29) is 5.82 Å². The molecule has 0 amide bonds. The minimum Gasteiger partial charge on any atom is -0.318 e. The van der Waals surface area contributed by atoms with Gasteiger partial charge >= 0.3 is 0 Å². The number of hydrogen-bond donors (Lipinski definition) is 1. The van der Waals surface area contributed by atoms with Gasteiger partial charge in [0.2, 0.25) is 0 Å². The highest BCUT2D eigenvalue weighted by Gasteiger charge is 2.36. The number of aryl methyl sites for hydroxylation is 1. The third-order valence-electron chi connectivity index (χ3n) is 4.62. The molecule has 0 fully saturated rings. The molecule has 20 heavy (non-hydrogen) atoms. The van der Waals surface area contributed by atoms with Gasteiger partial charge in [0, 0.05) is 0 Å². The highest BCUT2D eigenvalue weighted by atomic mass is 19.1. The van der Waals surface area contributed by atoms with Crippen LogP contribution in [0.2, 0.25) is 0 Å². The van der Waals surface area contributed by atoms with Crippen LogP contribution in [0.25, 0.3) is 0 Å². The zero-order valence-electron chi connectivity index (χ0n) is 12.0. The molecule has 3 rings (SSSR count). The Morgan fingerprint density at radius 2 is 1.95 bits per heavy atom. The fraction of sp³-hybridized carbons (Fsp3) is 0.333. The highest BCUT2D eigenvalue weighted by Crippen LogP contribution is 2.43. The summed E-state index contributed by atoms with van der Waals surface area (Å²) in [5, 5.41) is 0. The lowest BCUT2D eigenvalue weighted by atomic mass is 9.69. The third kappa shape index (κ3) is 1.95. The molecule has 2 N–H and O–H groups in total. The largest absolute Gasteiger partial charge is 0.318 e. The average molecular weight is 269 g/mol. The molecule has 0 aliphatic heterocycles. The van der Waals surface area contributed by atoms with Gasteiger partial charge in [-0.15, -0.1) is 0 Å². The minimum atomic E-state index is -0.498. The molecule has 1 aliphatic carbocycles. The van der Waals surface area contributed by atoms with Crippen molar-refractivity contribution in [2.75, 3.05) is 0 Å². The zero-order chi connectivity index (χ0) is 14.3. The standard InChI is InChI=1S/C18H20FN/c1-12-9-10-18(20,16-6-4-3-5-15(12)16)14-7-8-17(19)13(2)11-14/h3-8,11-12H,9-10,20H2,1-2H3. The van der Waals surface area contributed by atoms with Crippen molar-refractivity contribution in [3.63, 3.8) is 0 Å². The van der Waals surface area contributed by atoms with Crippen LogP contribution in [0.3, 0.4) is 0 Å². The summed E-state index contributed by atoms with van der Waals surface area (Å²) >= 11 is 0. The average Bonchev–Trinajstić information content (AvgIpc) is 2.46. The number of halogens is 1. The third-order valence-corrected chi connectivity index (χ3v) is 4.62. The molecular weight excluding hydrogens is 249 g/mol. The second-order valence-corrected chi connectivity index (χ2v) is 5.96. The van der Waals surface area contributed by atoms with E-state index in [1.807, 2.05) is 18.2 Å².